The highest BCUT2D eigenvalue weighted by Gasteiger charge is 2.19. The Kier molecular flexibility index (Phi) is 5.90. The van der Waals surface area contributed by atoms with Crippen molar-refractivity contribution in [1.82, 2.24) is 0 Å². The molecule has 0 heterocycles. The number of carbonyl (C=O) groups excluding carboxylic acids is 1. The molecule has 1 aromatic carbocycles. The molecule has 0 aliphatic rings. The Bertz CT molecular complexity index is 382. The van der Waals surface area contributed by atoms with Crippen molar-refractivity contribution in [3.63, 3.8) is 0 Å². The zero-order valence-corrected chi connectivity index (χ0v) is 11.9. The molecule has 1 aromatic rings. The highest BCUT2D eigenvalue weighted by Crippen LogP contribution is 2.23. The van der Waals surface area contributed by atoms with E-state index in [0.717, 1.165) is 18.4 Å². The topological polar surface area (TPSA) is 26.3 Å². The van der Waals surface area contributed by atoms with Gasteiger partial charge < -0.3 is 4.74 Å². The van der Waals surface area contributed by atoms with Crippen LogP contribution in [-0.2, 0) is 16.0 Å². The van der Waals surface area contributed by atoms with Gasteiger partial charge in [-0.05, 0) is 36.8 Å². The van der Waals surface area contributed by atoms with Gasteiger partial charge in [-0.15, -0.1) is 0 Å². The van der Waals surface area contributed by atoms with Gasteiger partial charge in [-0.3, -0.25) is 4.79 Å². The van der Waals surface area contributed by atoms with E-state index < -0.39 is 0 Å². The predicted molar refractivity (Wildman–Crippen MR) is 74.6 cm³/mol. The minimum Gasteiger partial charge on any atom is -0.466 e. The van der Waals surface area contributed by atoms with E-state index in [1.54, 1.807) is 0 Å². The maximum absolute atomic E-state index is 11.9. The summed E-state index contributed by atoms with van der Waals surface area (Å²) in [5.41, 5.74) is 2.37. The molecular formula is C16H24O2. The summed E-state index contributed by atoms with van der Waals surface area (Å²) in [4.78, 5) is 11.9. The molecule has 1 unspecified atom stereocenters. The summed E-state index contributed by atoms with van der Waals surface area (Å²) in [6, 6.07) is 8.33. The number of esters is 1. The maximum Gasteiger partial charge on any atom is 0.313 e. The molecule has 0 radical (unpaired) electrons. The molecule has 1 atom stereocenters. The second-order valence-electron chi connectivity index (χ2n) is 5.06. The van der Waals surface area contributed by atoms with E-state index in [1.165, 1.54) is 5.56 Å². The third-order valence-corrected chi connectivity index (χ3v) is 2.98. The van der Waals surface area contributed by atoms with Gasteiger partial charge in [-0.2, -0.15) is 0 Å². The Morgan fingerprint density at radius 3 is 2.56 bits per heavy atom. The fourth-order valence-corrected chi connectivity index (χ4v) is 2.19. The molecule has 100 valence electrons. The van der Waals surface area contributed by atoms with Crippen LogP contribution in [0, 0.1) is 5.92 Å². The molecule has 0 bridgehead atoms. The monoisotopic (exact) mass is 248 g/mol. The molecule has 0 N–H and O–H groups in total. The van der Waals surface area contributed by atoms with Crippen molar-refractivity contribution in [1.29, 1.82) is 0 Å². The number of benzene rings is 1. The van der Waals surface area contributed by atoms with E-state index in [4.69, 9.17) is 4.74 Å². The highest BCUT2D eigenvalue weighted by atomic mass is 16.5. The Labute approximate surface area is 110 Å². The fourth-order valence-electron chi connectivity index (χ4n) is 2.19. The summed E-state index contributed by atoms with van der Waals surface area (Å²) < 4.78 is 5.13. The van der Waals surface area contributed by atoms with E-state index in [9.17, 15) is 4.79 Å². The standard InChI is InChI=1S/C16H24O2/c1-5-15(16(17)18-6-2)14-9-7-8-13(11-14)10-12(3)4/h7-9,11-12,15H,5-6,10H2,1-4H3. The van der Waals surface area contributed by atoms with Crippen molar-refractivity contribution < 1.29 is 9.53 Å². The number of hydrogen-bond donors (Lipinski definition) is 0. The molecule has 0 fully saturated rings. The van der Waals surface area contributed by atoms with Gasteiger partial charge >= 0.3 is 5.97 Å². The number of carbonyl (C=O) groups is 1. The minimum absolute atomic E-state index is 0.110. The van der Waals surface area contributed by atoms with Crippen LogP contribution in [0.2, 0.25) is 0 Å². The molecule has 1 rings (SSSR count). The zero-order chi connectivity index (χ0) is 13.5. The number of rotatable bonds is 6. The van der Waals surface area contributed by atoms with Crippen LogP contribution in [0.15, 0.2) is 24.3 Å². The molecule has 0 aliphatic heterocycles. The summed E-state index contributed by atoms with van der Waals surface area (Å²) in [6.45, 7) is 8.72. The van der Waals surface area contributed by atoms with Crippen LogP contribution in [0.4, 0.5) is 0 Å². The molecule has 0 spiro atoms. The van der Waals surface area contributed by atoms with E-state index >= 15 is 0 Å². The van der Waals surface area contributed by atoms with Gasteiger partial charge in [-0.25, -0.2) is 0 Å². The third-order valence-electron chi connectivity index (χ3n) is 2.98. The summed E-state index contributed by atoms with van der Waals surface area (Å²) >= 11 is 0. The molecule has 0 saturated carbocycles. The average molecular weight is 248 g/mol. The number of hydrogen-bond acceptors (Lipinski definition) is 2. The first-order valence-electron chi connectivity index (χ1n) is 6.83. The van der Waals surface area contributed by atoms with Crippen molar-refractivity contribution in [2.24, 2.45) is 5.92 Å². The van der Waals surface area contributed by atoms with E-state index in [2.05, 4.69) is 26.0 Å². The van der Waals surface area contributed by atoms with E-state index in [-0.39, 0.29) is 11.9 Å². The third kappa shape index (κ3) is 4.17. The molecule has 18 heavy (non-hydrogen) atoms. The van der Waals surface area contributed by atoms with Crippen LogP contribution in [0.3, 0.4) is 0 Å². The second-order valence-corrected chi connectivity index (χ2v) is 5.06. The number of ether oxygens (including phenoxy) is 1. The molecule has 0 aliphatic carbocycles. The molecule has 2 nitrogen and oxygen atoms in total. The Morgan fingerprint density at radius 2 is 2.00 bits per heavy atom. The molecule has 0 saturated heterocycles. The SMILES string of the molecule is CCOC(=O)C(CC)c1cccc(CC(C)C)c1. The van der Waals surface area contributed by atoms with Gasteiger partial charge in [0.25, 0.3) is 0 Å². The van der Waals surface area contributed by atoms with Crippen molar-refractivity contribution in [2.75, 3.05) is 6.61 Å². The van der Waals surface area contributed by atoms with Gasteiger partial charge in [0.05, 0.1) is 12.5 Å². The van der Waals surface area contributed by atoms with Crippen molar-refractivity contribution in [2.45, 2.75) is 46.5 Å². The maximum atomic E-state index is 11.9. The van der Waals surface area contributed by atoms with Crippen LogP contribution < -0.4 is 0 Å². The summed E-state index contributed by atoms with van der Waals surface area (Å²) in [5.74, 6) is 0.390. The van der Waals surface area contributed by atoms with Crippen LogP contribution in [0.1, 0.15) is 51.2 Å². The first-order valence-corrected chi connectivity index (χ1v) is 6.83. The average Bonchev–Trinajstić information content (AvgIpc) is 2.30. The Hall–Kier alpha value is -1.31. The lowest BCUT2D eigenvalue weighted by molar-refractivity contribution is -0.145. The summed E-state index contributed by atoms with van der Waals surface area (Å²) in [7, 11) is 0. The molecule has 0 amide bonds. The quantitative estimate of drug-likeness (QED) is 0.713. The lowest BCUT2D eigenvalue weighted by atomic mass is 9.93. The summed E-state index contributed by atoms with van der Waals surface area (Å²) in [6.07, 6.45) is 1.83. The van der Waals surface area contributed by atoms with Crippen molar-refractivity contribution in [3.8, 4) is 0 Å². The lowest BCUT2D eigenvalue weighted by Gasteiger charge is -2.15. The van der Waals surface area contributed by atoms with Gasteiger partial charge in [-0.1, -0.05) is 45.0 Å². The smallest absolute Gasteiger partial charge is 0.313 e. The van der Waals surface area contributed by atoms with Gasteiger partial charge in [0.2, 0.25) is 0 Å². The highest BCUT2D eigenvalue weighted by molar-refractivity contribution is 5.78. The summed E-state index contributed by atoms with van der Waals surface area (Å²) in [5, 5.41) is 0. The molecular weight excluding hydrogens is 224 g/mol. The van der Waals surface area contributed by atoms with Crippen LogP contribution in [0.25, 0.3) is 0 Å². The van der Waals surface area contributed by atoms with Gasteiger partial charge in [0.15, 0.2) is 0 Å². The molecule has 0 aromatic heterocycles. The van der Waals surface area contributed by atoms with E-state index in [0.29, 0.717) is 12.5 Å². The van der Waals surface area contributed by atoms with Crippen LogP contribution in [-0.4, -0.2) is 12.6 Å². The minimum atomic E-state index is -0.128. The normalized spacial score (nSPS) is 12.5. The van der Waals surface area contributed by atoms with Crippen molar-refractivity contribution in [3.05, 3.63) is 35.4 Å². The van der Waals surface area contributed by atoms with E-state index in [1.807, 2.05) is 26.0 Å². The van der Waals surface area contributed by atoms with Crippen molar-refractivity contribution >= 4 is 5.97 Å². The predicted octanol–water partition coefficient (Wildman–Crippen LogP) is 3.94. The largest absolute Gasteiger partial charge is 0.466 e. The fraction of sp³-hybridized carbons (Fsp3) is 0.562. The Balaban J connectivity index is 2.88. The van der Waals surface area contributed by atoms with Crippen LogP contribution >= 0.6 is 0 Å². The second kappa shape index (κ2) is 7.20. The van der Waals surface area contributed by atoms with Crippen LogP contribution in [0.5, 0.6) is 0 Å². The zero-order valence-electron chi connectivity index (χ0n) is 11.9. The van der Waals surface area contributed by atoms with Gasteiger partial charge in [0.1, 0.15) is 0 Å². The molecule has 2 heteroatoms. The first kappa shape index (κ1) is 14.7. The lowest BCUT2D eigenvalue weighted by Crippen LogP contribution is -2.15. The first-order chi connectivity index (χ1) is 8.58. The Morgan fingerprint density at radius 1 is 1.28 bits per heavy atom. The van der Waals surface area contributed by atoms with Gasteiger partial charge in [0, 0.05) is 0 Å².